The third-order valence-corrected chi connectivity index (χ3v) is 4.56. The molecule has 3 nitrogen and oxygen atoms in total. The number of amidine groups is 1. The molecule has 18 heavy (non-hydrogen) atoms. The molecule has 0 fully saturated rings. The van der Waals surface area contributed by atoms with Crippen molar-refractivity contribution < 1.29 is 0 Å². The second-order valence-electron chi connectivity index (χ2n) is 5.11. The second-order valence-corrected chi connectivity index (χ2v) is 5.93. The topological polar surface area (TPSA) is 41.6 Å². The number of hydrogen-bond donors (Lipinski definition) is 1. The van der Waals surface area contributed by atoms with Crippen LogP contribution in [0.5, 0.6) is 0 Å². The Bertz CT molecular complexity index is 510. The van der Waals surface area contributed by atoms with Crippen LogP contribution in [0.25, 0.3) is 0 Å². The van der Waals surface area contributed by atoms with E-state index in [-0.39, 0.29) is 0 Å². The number of hydrogen-bond acceptors (Lipinski definition) is 3. The largest absolute Gasteiger partial charge is 0.377 e. The number of anilines is 1. The van der Waals surface area contributed by atoms with Gasteiger partial charge in [0.15, 0.2) is 5.17 Å². The van der Waals surface area contributed by atoms with Crippen molar-refractivity contribution in [1.82, 2.24) is 0 Å². The molecule has 1 aliphatic carbocycles. The maximum atomic E-state index is 5.85. The van der Waals surface area contributed by atoms with E-state index in [9.17, 15) is 0 Å². The number of thioether (sulfide) groups is 1. The predicted molar refractivity (Wildman–Crippen MR) is 79.3 cm³/mol. The van der Waals surface area contributed by atoms with Gasteiger partial charge < -0.3 is 5.73 Å². The first kappa shape index (κ1) is 11.9. The van der Waals surface area contributed by atoms with Crippen molar-refractivity contribution in [2.45, 2.75) is 32.1 Å². The van der Waals surface area contributed by atoms with Crippen LogP contribution in [0.3, 0.4) is 0 Å². The van der Waals surface area contributed by atoms with Gasteiger partial charge in [-0.2, -0.15) is 0 Å². The quantitative estimate of drug-likeness (QED) is 0.624. The van der Waals surface area contributed by atoms with E-state index in [1.165, 1.54) is 42.3 Å². The standard InChI is InChI=1S/C14H19N3S/c1-9-6-7-12-13-10(4-3-5-11(9)13)8-17(12)16-14(15)18-2/h6-7,10H,3-5,8H2,1-2H3,(H2,15,16). The first-order valence-corrected chi connectivity index (χ1v) is 7.71. The number of benzene rings is 1. The fourth-order valence-corrected chi connectivity index (χ4v) is 3.37. The van der Waals surface area contributed by atoms with Crippen molar-refractivity contribution >= 4 is 22.6 Å². The average Bonchev–Trinajstić information content (AvgIpc) is 2.73. The Hall–Kier alpha value is -1.16. The van der Waals surface area contributed by atoms with Gasteiger partial charge in [0.2, 0.25) is 0 Å². The molecule has 1 heterocycles. The Labute approximate surface area is 112 Å². The van der Waals surface area contributed by atoms with Gasteiger partial charge in [0.25, 0.3) is 0 Å². The van der Waals surface area contributed by atoms with Gasteiger partial charge in [-0.3, -0.25) is 5.01 Å². The van der Waals surface area contributed by atoms with Crippen LogP contribution in [0.1, 0.15) is 35.4 Å². The van der Waals surface area contributed by atoms with E-state index < -0.39 is 0 Å². The van der Waals surface area contributed by atoms with Crippen molar-refractivity contribution in [3.05, 3.63) is 28.8 Å². The summed E-state index contributed by atoms with van der Waals surface area (Å²) in [6, 6.07) is 4.43. The molecule has 0 bridgehead atoms. The second kappa shape index (κ2) is 4.50. The van der Waals surface area contributed by atoms with Crippen molar-refractivity contribution in [1.29, 1.82) is 0 Å². The lowest BCUT2D eigenvalue weighted by Gasteiger charge is -2.21. The molecule has 1 aliphatic heterocycles. The minimum Gasteiger partial charge on any atom is -0.377 e. The zero-order valence-corrected chi connectivity index (χ0v) is 11.8. The molecule has 0 radical (unpaired) electrons. The summed E-state index contributed by atoms with van der Waals surface area (Å²) in [7, 11) is 0. The van der Waals surface area contributed by atoms with Crippen molar-refractivity contribution in [3.63, 3.8) is 0 Å². The lowest BCUT2D eigenvalue weighted by molar-refractivity contribution is 0.574. The monoisotopic (exact) mass is 261 g/mol. The van der Waals surface area contributed by atoms with Crippen LogP contribution < -0.4 is 10.7 Å². The first-order valence-electron chi connectivity index (χ1n) is 6.48. The van der Waals surface area contributed by atoms with Gasteiger partial charge >= 0.3 is 0 Å². The summed E-state index contributed by atoms with van der Waals surface area (Å²) in [5, 5.41) is 7.26. The molecule has 3 rings (SSSR count). The highest BCUT2D eigenvalue weighted by Gasteiger charge is 2.33. The molecule has 0 saturated carbocycles. The molecule has 1 atom stereocenters. The molecule has 1 unspecified atom stereocenters. The summed E-state index contributed by atoms with van der Waals surface area (Å²) in [5.41, 5.74) is 11.7. The highest BCUT2D eigenvalue weighted by molar-refractivity contribution is 8.13. The third-order valence-electron chi connectivity index (χ3n) is 4.06. The van der Waals surface area contributed by atoms with Gasteiger partial charge in [-0.15, -0.1) is 5.10 Å². The SMILES string of the molecule is CSC(N)=NN1CC2CCCc3c(C)ccc1c32. The average molecular weight is 261 g/mol. The fraction of sp³-hybridized carbons (Fsp3) is 0.500. The summed E-state index contributed by atoms with van der Waals surface area (Å²) in [4.78, 5) is 0. The van der Waals surface area contributed by atoms with Crippen LogP contribution in [0, 0.1) is 6.92 Å². The Morgan fingerprint density at radius 1 is 1.50 bits per heavy atom. The number of nitrogens with zero attached hydrogens (tertiary/aromatic N) is 2. The van der Waals surface area contributed by atoms with E-state index in [1.54, 1.807) is 11.1 Å². The number of hydrazone groups is 1. The third kappa shape index (κ3) is 1.79. The number of aryl methyl sites for hydroxylation is 1. The molecular formula is C14H19N3S. The van der Waals surface area contributed by atoms with Crippen LogP contribution in [0.4, 0.5) is 5.69 Å². The normalized spacial score (nSPS) is 22.2. The van der Waals surface area contributed by atoms with Crippen molar-refractivity contribution in [2.24, 2.45) is 10.8 Å². The van der Waals surface area contributed by atoms with Gasteiger partial charge in [0.05, 0.1) is 5.69 Å². The van der Waals surface area contributed by atoms with E-state index in [2.05, 4.69) is 29.2 Å². The van der Waals surface area contributed by atoms with Crippen molar-refractivity contribution in [2.75, 3.05) is 17.8 Å². The minimum absolute atomic E-state index is 0.642. The van der Waals surface area contributed by atoms with E-state index >= 15 is 0 Å². The summed E-state index contributed by atoms with van der Waals surface area (Å²) < 4.78 is 0. The molecule has 2 N–H and O–H groups in total. The lowest BCUT2D eigenvalue weighted by Crippen LogP contribution is -2.20. The molecule has 0 aromatic heterocycles. The molecule has 0 amide bonds. The molecule has 0 spiro atoms. The van der Waals surface area contributed by atoms with E-state index in [4.69, 9.17) is 5.73 Å². The molecule has 0 saturated heterocycles. The van der Waals surface area contributed by atoms with Crippen LogP contribution in [0.2, 0.25) is 0 Å². The Morgan fingerprint density at radius 3 is 3.11 bits per heavy atom. The molecule has 96 valence electrons. The summed E-state index contributed by atoms with van der Waals surface area (Å²) in [6.45, 7) is 3.22. The van der Waals surface area contributed by atoms with Crippen LogP contribution in [-0.2, 0) is 6.42 Å². The predicted octanol–water partition coefficient (Wildman–Crippen LogP) is 2.83. The molecular weight excluding hydrogens is 242 g/mol. The van der Waals surface area contributed by atoms with E-state index in [0.717, 1.165) is 6.54 Å². The molecule has 1 aromatic carbocycles. The Kier molecular flexibility index (Phi) is 2.98. The van der Waals surface area contributed by atoms with Gasteiger partial charge in [0, 0.05) is 12.5 Å². The first-order chi connectivity index (χ1) is 8.70. The Balaban J connectivity index is 2.07. The fourth-order valence-electron chi connectivity index (χ4n) is 3.19. The number of nitrogens with two attached hydrogens (primary N) is 1. The van der Waals surface area contributed by atoms with Gasteiger partial charge in [0.1, 0.15) is 0 Å². The van der Waals surface area contributed by atoms with E-state index in [0.29, 0.717) is 11.1 Å². The smallest absolute Gasteiger partial charge is 0.178 e. The zero-order valence-electron chi connectivity index (χ0n) is 10.9. The summed E-state index contributed by atoms with van der Waals surface area (Å²) >= 11 is 1.50. The maximum Gasteiger partial charge on any atom is 0.178 e. The van der Waals surface area contributed by atoms with Gasteiger partial charge in [-0.25, -0.2) is 0 Å². The van der Waals surface area contributed by atoms with E-state index in [1.807, 2.05) is 6.26 Å². The minimum atomic E-state index is 0.642. The lowest BCUT2D eigenvalue weighted by atomic mass is 9.82. The molecule has 1 aromatic rings. The van der Waals surface area contributed by atoms with Gasteiger partial charge in [-0.1, -0.05) is 17.8 Å². The molecule has 2 aliphatic rings. The van der Waals surface area contributed by atoms with Crippen LogP contribution in [-0.4, -0.2) is 18.0 Å². The van der Waals surface area contributed by atoms with Crippen LogP contribution >= 0.6 is 11.8 Å². The summed E-state index contributed by atoms with van der Waals surface area (Å²) in [5.74, 6) is 0.655. The zero-order chi connectivity index (χ0) is 12.7. The van der Waals surface area contributed by atoms with Crippen molar-refractivity contribution in [3.8, 4) is 0 Å². The maximum absolute atomic E-state index is 5.85. The van der Waals surface area contributed by atoms with Gasteiger partial charge in [-0.05, 0) is 55.2 Å². The molecule has 4 heteroatoms. The Morgan fingerprint density at radius 2 is 2.33 bits per heavy atom. The summed E-state index contributed by atoms with van der Waals surface area (Å²) in [6.07, 6.45) is 5.78. The highest BCUT2D eigenvalue weighted by Crippen LogP contribution is 2.45. The highest BCUT2D eigenvalue weighted by atomic mass is 32.2. The number of rotatable bonds is 1. The van der Waals surface area contributed by atoms with Crippen LogP contribution in [0.15, 0.2) is 17.2 Å².